The van der Waals surface area contributed by atoms with E-state index in [0.29, 0.717) is 19.3 Å². The first-order chi connectivity index (χ1) is 17.4. The molecule has 4 rings (SSSR count). The van der Waals surface area contributed by atoms with E-state index in [4.69, 9.17) is 18.9 Å². The zero-order valence-electron chi connectivity index (χ0n) is 22.5. The van der Waals surface area contributed by atoms with E-state index in [-0.39, 0.29) is 41.6 Å². The molecule has 0 saturated carbocycles. The molecule has 1 spiro atoms. The molecule has 3 saturated heterocycles. The lowest BCUT2D eigenvalue weighted by Crippen LogP contribution is -2.63. The average Bonchev–Trinajstić information content (AvgIpc) is 2.80. The van der Waals surface area contributed by atoms with E-state index in [1.165, 1.54) is 0 Å². The summed E-state index contributed by atoms with van der Waals surface area (Å²) >= 11 is 0. The number of carbonyl (C=O) groups excluding carboxylic acids is 2. The van der Waals surface area contributed by atoms with Crippen molar-refractivity contribution in [3.8, 4) is 5.75 Å². The van der Waals surface area contributed by atoms with E-state index in [2.05, 4.69) is 27.7 Å². The molecule has 37 heavy (non-hydrogen) atoms. The summed E-state index contributed by atoms with van der Waals surface area (Å²) in [7, 11) is 0. The van der Waals surface area contributed by atoms with Crippen LogP contribution in [0.2, 0.25) is 0 Å². The molecule has 1 aromatic carbocycles. The number of aromatic hydroxyl groups is 1. The molecular formula is C29H42O8. The van der Waals surface area contributed by atoms with Gasteiger partial charge >= 0.3 is 11.9 Å². The summed E-state index contributed by atoms with van der Waals surface area (Å²) in [6.07, 6.45) is 2.97. The van der Waals surface area contributed by atoms with Crippen molar-refractivity contribution in [3.05, 3.63) is 29.8 Å². The minimum Gasteiger partial charge on any atom is -0.508 e. The van der Waals surface area contributed by atoms with Crippen molar-refractivity contribution in [1.29, 1.82) is 0 Å². The Labute approximate surface area is 219 Å². The third-order valence-electron chi connectivity index (χ3n) is 8.44. The number of hydrogen-bond acceptors (Lipinski definition) is 8. The Balaban J connectivity index is 1.56. The molecule has 0 aromatic heterocycles. The van der Waals surface area contributed by atoms with Crippen LogP contribution in [0.25, 0.3) is 0 Å². The zero-order valence-corrected chi connectivity index (χ0v) is 22.5. The van der Waals surface area contributed by atoms with Crippen molar-refractivity contribution >= 4 is 11.9 Å². The van der Waals surface area contributed by atoms with Gasteiger partial charge in [0, 0.05) is 18.3 Å². The Bertz CT molecular complexity index is 968. The smallest absolute Gasteiger partial charge is 0.309 e. The van der Waals surface area contributed by atoms with E-state index < -0.39 is 36.5 Å². The van der Waals surface area contributed by atoms with E-state index in [1.807, 2.05) is 12.1 Å². The third kappa shape index (κ3) is 6.47. The Hall–Kier alpha value is -2.16. The van der Waals surface area contributed by atoms with Crippen LogP contribution in [0.4, 0.5) is 0 Å². The van der Waals surface area contributed by atoms with Gasteiger partial charge < -0.3 is 29.2 Å². The maximum absolute atomic E-state index is 12.8. The quantitative estimate of drug-likeness (QED) is 0.532. The SMILES string of the molecule is CC(C)(CCCc1cccc(O)c1)[C@@H]1C[C@@H]2C[C@]3(O[C@H](CCC3(C)C)CC(=O)O[C@@H](CO)CC(=O)O2)O1. The number of fused-ring (bicyclic) bond motifs is 2. The van der Waals surface area contributed by atoms with Crippen LogP contribution in [0.1, 0.15) is 84.6 Å². The summed E-state index contributed by atoms with van der Waals surface area (Å²) in [5.41, 5.74) is 0.486. The average molecular weight is 519 g/mol. The molecule has 8 nitrogen and oxygen atoms in total. The lowest BCUT2D eigenvalue weighted by Gasteiger charge is -2.58. The Kier molecular flexibility index (Phi) is 8.22. The number of ether oxygens (including phenoxy) is 4. The second-order valence-electron chi connectivity index (χ2n) is 12.3. The van der Waals surface area contributed by atoms with Gasteiger partial charge in [-0.2, -0.15) is 0 Å². The number of aliphatic hydroxyl groups is 1. The van der Waals surface area contributed by atoms with Crippen molar-refractivity contribution in [2.75, 3.05) is 6.61 Å². The molecule has 206 valence electrons. The van der Waals surface area contributed by atoms with E-state index in [9.17, 15) is 19.8 Å². The summed E-state index contributed by atoms with van der Waals surface area (Å²) in [6, 6.07) is 7.34. The fourth-order valence-electron chi connectivity index (χ4n) is 5.98. The number of rotatable bonds is 6. The van der Waals surface area contributed by atoms with Gasteiger partial charge in [0.25, 0.3) is 0 Å². The molecule has 3 aliphatic rings. The monoisotopic (exact) mass is 518 g/mol. The van der Waals surface area contributed by atoms with Gasteiger partial charge in [-0.25, -0.2) is 0 Å². The lowest BCUT2D eigenvalue weighted by molar-refractivity contribution is -0.382. The fourth-order valence-corrected chi connectivity index (χ4v) is 5.98. The van der Waals surface area contributed by atoms with Gasteiger partial charge in [-0.05, 0) is 55.2 Å². The number of phenolic OH excluding ortho intramolecular Hbond substituents is 1. The van der Waals surface area contributed by atoms with E-state index in [1.54, 1.807) is 12.1 Å². The highest BCUT2D eigenvalue weighted by molar-refractivity contribution is 5.73. The van der Waals surface area contributed by atoms with Gasteiger partial charge in [-0.1, -0.05) is 39.8 Å². The lowest BCUT2D eigenvalue weighted by atomic mass is 9.69. The first-order valence-electron chi connectivity index (χ1n) is 13.5. The first-order valence-corrected chi connectivity index (χ1v) is 13.5. The van der Waals surface area contributed by atoms with Gasteiger partial charge in [0.2, 0.25) is 0 Å². The highest BCUT2D eigenvalue weighted by Crippen LogP contribution is 2.54. The minimum absolute atomic E-state index is 0.0510. The minimum atomic E-state index is -0.998. The van der Waals surface area contributed by atoms with Crippen molar-refractivity contribution in [2.24, 2.45) is 10.8 Å². The number of esters is 2. The Morgan fingerprint density at radius 2 is 1.81 bits per heavy atom. The van der Waals surface area contributed by atoms with Gasteiger partial charge in [-0.3, -0.25) is 9.59 Å². The number of aryl methyl sites for hydroxylation is 1. The van der Waals surface area contributed by atoms with Crippen LogP contribution in [0, 0.1) is 10.8 Å². The predicted octanol–water partition coefficient (Wildman–Crippen LogP) is 4.43. The number of carbonyl (C=O) groups is 2. The number of benzene rings is 1. The normalized spacial score (nSPS) is 32.5. The molecule has 3 aliphatic heterocycles. The van der Waals surface area contributed by atoms with Crippen LogP contribution >= 0.6 is 0 Å². The molecule has 2 N–H and O–H groups in total. The molecule has 3 fully saturated rings. The number of aliphatic hydroxyl groups excluding tert-OH is 1. The van der Waals surface area contributed by atoms with Crippen molar-refractivity contribution < 1.29 is 38.7 Å². The first kappa shape index (κ1) is 27.9. The summed E-state index contributed by atoms with van der Waals surface area (Å²) in [6.45, 7) is 8.14. The summed E-state index contributed by atoms with van der Waals surface area (Å²) in [4.78, 5) is 25.4. The van der Waals surface area contributed by atoms with Crippen molar-refractivity contribution in [1.82, 2.24) is 0 Å². The van der Waals surface area contributed by atoms with Gasteiger partial charge in [0.1, 0.15) is 18.0 Å². The van der Waals surface area contributed by atoms with Crippen LogP contribution in [-0.2, 0) is 35.0 Å². The fraction of sp³-hybridized carbons (Fsp3) is 0.724. The predicted molar refractivity (Wildman–Crippen MR) is 136 cm³/mol. The molecule has 0 unspecified atom stereocenters. The number of hydrogen-bond donors (Lipinski definition) is 2. The topological polar surface area (TPSA) is 112 Å². The highest BCUT2D eigenvalue weighted by atomic mass is 16.7. The van der Waals surface area contributed by atoms with E-state index in [0.717, 1.165) is 31.2 Å². The maximum atomic E-state index is 12.8. The standard InChI is InChI=1S/C29H42O8/c1-27(2,11-6-8-19-7-5-9-20(31)13-19)24-14-22-17-29(37-24)28(3,4)12-10-21(36-29)15-25(32)35-23(18-30)16-26(33)34-22/h5,7,9,13,21-24,30-31H,6,8,10-12,14-18H2,1-4H3/t21-,22-,23-,24+,29+/m1/s1. The van der Waals surface area contributed by atoms with Gasteiger partial charge in [0.15, 0.2) is 5.79 Å². The largest absolute Gasteiger partial charge is 0.508 e. The van der Waals surface area contributed by atoms with Crippen LogP contribution in [0.5, 0.6) is 5.75 Å². The zero-order chi connectivity index (χ0) is 26.8. The summed E-state index contributed by atoms with van der Waals surface area (Å²) < 4.78 is 24.8. The summed E-state index contributed by atoms with van der Waals surface area (Å²) in [5.74, 6) is -1.73. The molecular weight excluding hydrogens is 476 g/mol. The highest BCUT2D eigenvalue weighted by Gasteiger charge is 2.58. The van der Waals surface area contributed by atoms with Crippen molar-refractivity contribution in [3.63, 3.8) is 0 Å². The second kappa shape index (κ2) is 10.9. The van der Waals surface area contributed by atoms with Gasteiger partial charge in [-0.15, -0.1) is 0 Å². The molecule has 3 bridgehead atoms. The summed E-state index contributed by atoms with van der Waals surface area (Å²) in [5, 5.41) is 19.4. The molecule has 1 aromatic rings. The molecule has 0 radical (unpaired) electrons. The van der Waals surface area contributed by atoms with Crippen LogP contribution in [0.3, 0.4) is 0 Å². The van der Waals surface area contributed by atoms with Crippen LogP contribution < -0.4 is 0 Å². The Morgan fingerprint density at radius 1 is 1.05 bits per heavy atom. The molecule has 5 atom stereocenters. The molecule has 8 heteroatoms. The number of phenols is 1. The molecule has 0 amide bonds. The maximum Gasteiger partial charge on any atom is 0.309 e. The Morgan fingerprint density at radius 3 is 2.54 bits per heavy atom. The van der Waals surface area contributed by atoms with E-state index >= 15 is 0 Å². The van der Waals surface area contributed by atoms with Gasteiger partial charge in [0.05, 0.1) is 31.7 Å². The van der Waals surface area contributed by atoms with Crippen LogP contribution in [-0.4, -0.2) is 59.0 Å². The third-order valence-corrected chi connectivity index (χ3v) is 8.44. The van der Waals surface area contributed by atoms with Crippen molar-refractivity contribution in [2.45, 2.75) is 116 Å². The molecule has 0 aliphatic carbocycles. The second-order valence-corrected chi connectivity index (χ2v) is 12.3. The van der Waals surface area contributed by atoms with Crippen LogP contribution in [0.15, 0.2) is 24.3 Å². The number of cyclic esters (lactones) is 1. The molecule has 3 heterocycles.